The Morgan fingerprint density at radius 1 is 1.55 bits per heavy atom. The van der Waals surface area contributed by atoms with Crippen LogP contribution in [0.2, 0.25) is 0 Å². The first-order valence-corrected chi connectivity index (χ1v) is 8.91. The third-order valence-electron chi connectivity index (χ3n) is 5.92. The second-order valence-corrected chi connectivity index (χ2v) is 7.50. The van der Waals surface area contributed by atoms with E-state index in [0.29, 0.717) is 17.8 Å². The Kier molecular flexibility index (Phi) is 5.33. The molecule has 0 spiro atoms. The van der Waals surface area contributed by atoms with Gasteiger partial charge in [0.1, 0.15) is 0 Å². The van der Waals surface area contributed by atoms with E-state index in [2.05, 4.69) is 34.8 Å². The van der Waals surface area contributed by atoms with Crippen molar-refractivity contribution in [1.82, 2.24) is 0 Å². The van der Waals surface area contributed by atoms with Gasteiger partial charge in [-0.2, -0.15) is 0 Å². The molecule has 2 aliphatic rings. The molecule has 0 radical (unpaired) electrons. The highest BCUT2D eigenvalue weighted by Crippen LogP contribution is 2.59. The third kappa shape index (κ3) is 3.13. The molecule has 1 unspecified atom stereocenters. The Labute approximate surface area is 131 Å². The van der Waals surface area contributed by atoms with Gasteiger partial charge in [-0.05, 0) is 73.1 Å². The van der Waals surface area contributed by atoms with Crippen LogP contribution < -0.4 is 0 Å². The van der Waals surface area contributed by atoms with Crippen LogP contribution in [-0.4, -0.2) is 11.1 Å². The van der Waals surface area contributed by atoms with Gasteiger partial charge in [0, 0.05) is 6.42 Å². The van der Waals surface area contributed by atoms with Crippen molar-refractivity contribution in [1.29, 1.82) is 0 Å². The molecule has 0 aromatic heterocycles. The number of rotatable bonds is 5. The normalized spacial score (nSPS) is 36.9. The summed E-state index contributed by atoms with van der Waals surface area (Å²) >= 11 is 3.56. The zero-order valence-electron chi connectivity index (χ0n) is 12.7. The smallest absolute Gasteiger partial charge is 0.303 e. The maximum Gasteiger partial charge on any atom is 0.303 e. The van der Waals surface area contributed by atoms with E-state index in [0.717, 1.165) is 24.7 Å². The van der Waals surface area contributed by atoms with Crippen molar-refractivity contribution in [2.24, 2.45) is 23.2 Å². The minimum Gasteiger partial charge on any atom is -0.481 e. The molecule has 0 heterocycles. The predicted octanol–water partition coefficient (Wildman–Crippen LogP) is 5.37. The molecule has 0 saturated heterocycles. The number of fused-ring (bicyclic) bond motifs is 1. The number of halogens is 1. The second kappa shape index (κ2) is 6.64. The molecule has 2 nitrogen and oxygen atoms in total. The number of hydrogen-bond acceptors (Lipinski definition) is 1. The van der Waals surface area contributed by atoms with Gasteiger partial charge in [-0.3, -0.25) is 4.79 Å². The number of hydrogen-bond donors (Lipinski definition) is 1. The van der Waals surface area contributed by atoms with Crippen molar-refractivity contribution in [2.75, 3.05) is 0 Å². The summed E-state index contributed by atoms with van der Waals surface area (Å²) < 4.78 is 0. The SMILES string of the molecule is C[C@H](CCCC(=O)O)[C@H]1CC[C@H]2/C(=C/Br)CCCC12C. The topological polar surface area (TPSA) is 37.3 Å². The van der Waals surface area contributed by atoms with Gasteiger partial charge in [0.15, 0.2) is 0 Å². The molecule has 3 heteroatoms. The molecule has 4 atom stereocenters. The van der Waals surface area contributed by atoms with Crippen LogP contribution in [0.1, 0.15) is 65.2 Å². The predicted molar refractivity (Wildman–Crippen MR) is 85.8 cm³/mol. The van der Waals surface area contributed by atoms with Gasteiger partial charge in [0.25, 0.3) is 0 Å². The van der Waals surface area contributed by atoms with Crippen LogP contribution in [0.4, 0.5) is 0 Å². The lowest BCUT2D eigenvalue weighted by Gasteiger charge is -2.44. The Bertz CT molecular complexity index is 390. The summed E-state index contributed by atoms with van der Waals surface area (Å²) in [7, 11) is 0. The Hall–Kier alpha value is -0.310. The average Bonchev–Trinajstić information content (AvgIpc) is 2.75. The van der Waals surface area contributed by atoms with Gasteiger partial charge in [-0.25, -0.2) is 0 Å². The molecular weight excluding hydrogens is 316 g/mol. The molecule has 2 saturated carbocycles. The van der Waals surface area contributed by atoms with Gasteiger partial charge in [-0.1, -0.05) is 35.4 Å². The molecule has 2 rings (SSSR count). The quantitative estimate of drug-likeness (QED) is 0.728. The highest BCUT2D eigenvalue weighted by molar-refractivity contribution is 9.11. The molecule has 20 heavy (non-hydrogen) atoms. The summed E-state index contributed by atoms with van der Waals surface area (Å²) in [6.45, 7) is 4.82. The summed E-state index contributed by atoms with van der Waals surface area (Å²) in [5.74, 6) is 1.51. The molecule has 0 bridgehead atoms. The van der Waals surface area contributed by atoms with E-state index in [1.54, 1.807) is 5.57 Å². The second-order valence-electron chi connectivity index (χ2n) is 7.04. The van der Waals surface area contributed by atoms with E-state index in [4.69, 9.17) is 5.11 Å². The molecule has 0 aromatic carbocycles. The van der Waals surface area contributed by atoms with Gasteiger partial charge in [0.2, 0.25) is 0 Å². The van der Waals surface area contributed by atoms with Crippen molar-refractivity contribution in [3.05, 3.63) is 10.6 Å². The number of allylic oxidation sites excluding steroid dienone is 1. The Morgan fingerprint density at radius 3 is 2.95 bits per heavy atom. The summed E-state index contributed by atoms with van der Waals surface area (Å²) in [5.41, 5.74) is 2.06. The van der Waals surface area contributed by atoms with Crippen LogP contribution in [0.5, 0.6) is 0 Å². The van der Waals surface area contributed by atoms with E-state index in [1.165, 1.54) is 32.1 Å². The van der Waals surface area contributed by atoms with Crippen LogP contribution in [0.25, 0.3) is 0 Å². The Morgan fingerprint density at radius 2 is 2.30 bits per heavy atom. The molecular formula is C17H27BrO2. The number of carbonyl (C=O) groups is 1. The fraction of sp³-hybridized carbons (Fsp3) is 0.824. The first kappa shape index (κ1) is 16.1. The maximum atomic E-state index is 10.7. The van der Waals surface area contributed by atoms with E-state index >= 15 is 0 Å². The molecule has 2 fully saturated rings. The van der Waals surface area contributed by atoms with Gasteiger partial charge < -0.3 is 5.11 Å². The van der Waals surface area contributed by atoms with Crippen LogP contribution in [0.15, 0.2) is 10.6 Å². The van der Waals surface area contributed by atoms with Gasteiger partial charge in [0.05, 0.1) is 0 Å². The summed E-state index contributed by atoms with van der Waals surface area (Å²) in [6.07, 6.45) is 8.76. The number of carboxylic acids is 1. The first-order chi connectivity index (χ1) is 9.49. The van der Waals surface area contributed by atoms with Gasteiger partial charge >= 0.3 is 5.97 Å². The fourth-order valence-electron chi connectivity index (χ4n) is 4.92. The number of aliphatic carboxylic acids is 1. The van der Waals surface area contributed by atoms with E-state index in [-0.39, 0.29) is 0 Å². The Balaban J connectivity index is 2.00. The fourth-order valence-corrected chi connectivity index (χ4v) is 5.47. The maximum absolute atomic E-state index is 10.7. The lowest BCUT2D eigenvalue weighted by molar-refractivity contribution is -0.137. The summed E-state index contributed by atoms with van der Waals surface area (Å²) in [6, 6.07) is 0. The third-order valence-corrected chi connectivity index (χ3v) is 6.50. The van der Waals surface area contributed by atoms with Crippen molar-refractivity contribution in [3.8, 4) is 0 Å². The van der Waals surface area contributed by atoms with Gasteiger partial charge in [-0.15, -0.1) is 0 Å². The molecule has 2 aliphatic carbocycles. The molecule has 1 N–H and O–H groups in total. The summed E-state index contributed by atoms with van der Waals surface area (Å²) in [5, 5.41) is 8.78. The van der Waals surface area contributed by atoms with E-state index < -0.39 is 5.97 Å². The molecule has 0 amide bonds. The standard InChI is InChI=1S/C17H27BrO2/c1-12(5-3-7-16(19)20)14-8-9-15-13(11-18)6-4-10-17(14,15)2/h11-12,14-15H,3-10H2,1-2H3,(H,19,20)/b13-11+/t12-,14-,15+,17?/m1/s1. The molecule has 0 aromatic rings. The highest BCUT2D eigenvalue weighted by Gasteiger charge is 2.50. The zero-order valence-corrected chi connectivity index (χ0v) is 14.3. The minimum absolute atomic E-state index is 0.323. The van der Waals surface area contributed by atoms with Crippen LogP contribution in [0, 0.1) is 23.2 Å². The van der Waals surface area contributed by atoms with Crippen molar-refractivity contribution >= 4 is 21.9 Å². The summed E-state index contributed by atoms with van der Waals surface area (Å²) in [4.78, 5) is 12.8. The zero-order chi connectivity index (χ0) is 14.8. The lowest BCUT2D eigenvalue weighted by atomic mass is 9.61. The highest BCUT2D eigenvalue weighted by atomic mass is 79.9. The minimum atomic E-state index is -0.658. The van der Waals surface area contributed by atoms with E-state index in [9.17, 15) is 4.79 Å². The van der Waals surface area contributed by atoms with Crippen LogP contribution in [-0.2, 0) is 4.79 Å². The average molecular weight is 343 g/mol. The first-order valence-electron chi connectivity index (χ1n) is 8.00. The molecule has 0 aliphatic heterocycles. The van der Waals surface area contributed by atoms with Crippen molar-refractivity contribution < 1.29 is 9.90 Å². The monoisotopic (exact) mass is 342 g/mol. The van der Waals surface area contributed by atoms with Crippen LogP contribution in [0.3, 0.4) is 0 Å². The van der Waals surface area contributed by atoms with Crippen LogP contribution >= 0.6 is 15.9 Å². The molecule has 114 valence electrons. The lowest BCUT2D eigenvalue weighted by Crippen LogP contribution is -2.35. The van der Waals surface area contributed by atoms with E-state index in [1.807, 2.05) is 0 Å². The largest absolute Gasteiger partial charge is 0.481 e. The van der Waals surface area contributed by atoms with Crippen molar-refractivity contribution in [2.45, 2.75) is 65.2 Å². The number of carboxylic acid groups (broad SMARTS) is 1. The van der Waals surface area contributed by atoms with Crippen molar-refractivity contribution in [3.63, 3.8) is 0 Å².